The van der Waals surface area contributed by atoms with Crippen LogP contribution in [0.1, 0.15) is 17.5 Å². The van der Waals surface area contributed by atoms with Crippen LogP contribution in [0.15, 0.2) is 36.4 Å². The molecule has 29 heavy (non-hydrogen) atoms. The van der Waals surface area contributed by atoms with Crippen molar-refractivity contribution in [3.8, 4) is 17.2 Å². The summed E-state index contributed by atoms with van der Waals surface area (Å²) in [6, 6.07) is 11.2. The molecule has 2 aliphatic rings. The van der Waals surface area contributed by atoms with E-state index in [0.717, 1.165) is 17.5 Å². The van der Waals surface area contributed by atoms with Crippen LogP contribution in [0, 0.1) is 0 Å². The summed E-state index contributed by atoms with van der Waals surface area (Å²) in [5, 5.41) is 0. The standard InChI is InChI=1S/C22H24N2O5/c1-23-16-6-4-5-7-17(16)29-20(22(23)26)12-21(25)24-9-8-14-10-18(27-2)19(28-3)11-15(14)13-24/h4-7,10-11,20H,8-9,12-13H2,1-3H3. The van der Waals surface area contributed by atoms with Gasteiger partial charge in [-0.05, 0) is 41.8 Å². The Hall–Kier alpha value is -3.22. The zero-order chi connectivity index (χ0) is 20.5. The number of benzene rings is 2. The highest BCUT2D eigenvalue weighted by Crippen LogP contribution is 2.35. The van der Waals surface area contributed by atoms with Crippen molar-refractivity contribution in [2.45, 2.75) is 25.5 Å². The van der Waals surface area contributed by atoms with E-state index < -0.39 is 6.10 Å². The van der Waals surface area contributed by atoms with Crippen LogP contribution in [0.2, 0.25) is 0 Å². The lowest BCUT2D eigenvalue weighted by Crippen LogP contribution is -2.47. The van der Waals surface area contributed by atoms with Crippen molar-refractivity contribution in [3.05, 3.63) is 47.5 Å². The molecular formula is C22H24N2O5. The first kappa shape index (κ1) is 19.1. The number of carbonyl (C=O) groups excluding carboxylic acids is 2. The Balaban J connectivity index is 1.48. The van der Waals surface area contributed by atoms with Gasteiger partial charge in [-0.15, -0.1) is 0 Å². The number of ether oxygens (including phenoxy) is 3. The second-order valence-electron chi connectivity index (χ2n) is 7.22. The number of hydrogen-bond acceptors (Lipinski definition) is 5. The highest BCUT2D eigenvalue weighted by molar-refractivity contribution is 6.01. The molecule has 7 heteroatoms. The summed E-state index contributed by atoms with van der Waals surface area (Å²) in [6.07, 6.45) is -0.0711. The average Bonchev–Trinajstić information content (AvgIpc) is 2.75. The molecule has 152 valence electrons. The van der Waals surface area contributed by atoms with Crippen LogP contribution in [-0.2, 0) is 22.6 Å². The van der Waals surface area contributed by atoms with Crippen molar-refractivity contribution in [2.75, 3.05) is 32.7 Å². The molecule has 4 rings (SSSR count). The summed E-state index contributed by atoms with van der Waals surface area (Å²) in [5.74, 6) is 1.64. The predicted octanol–water partition coefficient (Wildman–Crippen LogP) is 2.40. The van der Waals surface area contributed by atoms with Gasteiger partial charge in [-0.3, -0.25) is 9.59 Å². The van der Waals surface area contributed by atoms with Crippen molar-refractivity contribution in [2.24, 2.45) is 0 Å². The summed E-state index contributed by atoms with van der Waals surface area (Å²) in [5.41, 5.74) is 2.89. The van der Waals surface area contributed by atoms with Crippen molar-refractivity contribution < 1.29 is 23.8 Å². The van der Waals surface area contributed by atoms with Crippen LogP contribution in [0.25, 0.3) is 0 Å². The number of nitrogens with zero attached hydrogens (tertiary/aromatic N) is 2. The summed E-state index contributed by atoms with van der Waals surface area (Å²) in [6.45, 7) is 1.07. The topological polar surface area (TPSA) is 68.3 Å². The normalized spacial score (nSPS) is 17.9. The Labute approximate surface area is 169 Å². The lowest BCUT2D eigenvalue weighted by molar-refractivity contribution is -0.138. The van der Waals surface area contributed by atoms with Gasteiger partial charge in [-0.2, -0.15) is 0 Å². The van der Waals surface area contributed by atoms with Gasteiger partial charge in [0.2, 0.25) is 5.91 Å². The Morgan fingerprint density at radius 1 is 1.14 bits per heavy atom. The molecule has 0 fully saturated rings. The lowest BCUT2D eigenvalue weighted by atomic mass is 9.98. The van der Waals surface area contributed by atoms with Crippen LogP contribution in [0.5, 0.6) is 17.2 Å². The molecule has 0 aromatic heterocycles. The minimum atomic E-state index is -0.811. The number of methoxy groups -OCH3 is 2. The molecular weight excluding hydrogens is 372 g/mol. The van der Waals surface area contributed by atoms with Crippen molar-refractivity contribution in [1.82, 2.24) is 4.90 Å². The van der Waals surface area contributed by atoms with E-state index in [-0.39, 0.29) is 18.2 Å². The fraction of sp³-hybridized carbons (Fsp3) is 0.364. The molecule has 0 saturated carbocycles. The number of para-hydroxylation sites is 2. The van der Waals surface area contributed by atoms with E-state index in [1.54, 1.807) is 31.1 Å². The number of carbonyl (C=O) groups is 2. The maximum atomic E-state index is 12.9. The second-order valence-corrected chi connectivity index (χ2v) is 7.22. The third-order valence-corrected chi connectivity index (χ3v) is 5.53. The summed E-state index contributed by atoms with van der Waals surface area (Å²) in [4.78, 5) is 28.9. The molecule has 0 aliphatic carbocycles. The number of amides is 2. The van der Waals surface area contributed by atoms with Gasteiger partial charge in [-0.1, -0.05) is 12.1 Å². The molecule has 2 heterocycles. The Morgan fingerprint density at radius 3 is 2.55 bits per heavy atom. The fourth-order valence-corrected chi connectivity index (χ4v) is 3.89. The first-order valence-corrected chi connectivity index (χ1v) is 9.56. The smallest absolute Gasteiger partial charge is 0.268 e. The zero-order valence-electron chi connectivity index (χ0n) is 16.8. The van der Waals surface area contributed by atoms with E-state index in [1.807, 2.05) is 36.4 Å². The quantitative estimate of drug-likeness (QED) is 0.794. The first-order valence-electron chi connectivity index (χ1n) is 9.56. The number of fused-ring (bicyclic) bond motifs is 2. The van der Waals surface area contributed by atoms with E-state index in [2.05, 4.69) is 0 Å². The third kappa shape index (κ3) is 3.48. The molecule has 2 aromatic carbocycles. The minimum absolute atomic E-state index is 0.0140. The largest absolute Gasteiger partial charge is 0.493 e. The maximum absolute atomic E-state index is 12.9. The minimum Gasteiger partial charge on any atom is -0.493 e. The van der Waals surface area contributed by atoms with E-state index in [9.17, 15) is 9.59 Å². The SMILES string of the molecule is COc1cc2c(cc1OC)CN(C(=O)CC1Oc3ccccc3N(C)C1=O)CC2. The van der Waals surface area contributed by atoms with Crippen LogP contribution >= 0.6 is 0 Å². The molecule has 0 spiro atoms. The molecule has 1 unspecified atom stereocenters. The van der Waals surface area contributed by atoms with Gasteiger partial charge in [0.25, 0.3) is 5.91 Å². The summed E-state index contributed by atoms with van der Waals surface area (Å²) < 4.78 is 16.6. The molecule has 2 aromatic rings. The highest BCUT2D eigenvalue weighted by atomic mass is 16.5. The number of rotatable bonds is 4. The van der Waals surface area contributed by atoms with Gasteiger partial charge >= 0.3 is 0 Å². The maximum Gasteiger partial charge on any atom is 0.268 e. The molecule has 0 bridgehead atoms. The Morgan fingerprint density at radius 2 is 1.83 bits per heavy atom. The van der Waals surface area contributed by atoms with Gasteiger partial charge < -0.3 is 24.0 Å². The Bertz CT molecular complexity index is 958. The molecule has 7 nitrogen and oxygen atoms in total. The Kier molecular flexibility index (Phi) is 5.05. The van der Waals surface area contributed by atoms with Crippen molar-refractivity contribution in [3.63, 3.8) is 0 Å². The van der Waals surface area contributed by atoms with E-state index >= 15 is 0 Å². The highest BCUT2D eigenvalue weighted by Gasteiger charge is 2.35. The van der Waals surface area contributed by atoms with Crippen LogP contribution < -0.4 is 19.1 Å². The second kappa shape index (κ2) is 7.66. The number of anilines is 1. The molecule has 2 aliphatic heterocycles. The summed E-state index contributed by atoms with van der Waals surface area (Å²) >= 11 is 0. The van der Waals surface area contributed by atoms with E-state index in [1.165, 1.54) is 0 Å². The van der Waals surface area contributed by atoms with E-state index in [0.29, 0.717) is 36.0 Å². The molecule has 0 N–H and O–H groups in total. The number of likely N-dealkylation sites (N-methyl/N-ethyl adjacent to an activating group) is 1. The predicted molar refractivity (Wildman–Crippen MR) is 108 cm³/mol. The van der Waals surface area contributed by atoms with Crippen LogP contribution in [-0.4, -0.2) is 50.6 Å². The molecule has 0 saturated heterocycles. The first-order chi connectivity index (χ1) is 14.0. The monoisotopic (exact) mass is 396 g/mol. The number of hydrogen-bond donors (Lipinski definition) is 0. The summed E-state index contributed by atoms with van der Waals surface area (Å²) in [7, 11) is 4.91. The molecule has 0 radical (unpaired) electrons. The molecule has 2 amide bonds. The zero-order valence-corrected chi connectivity index (χ0v) is 16.8. The van der Waals surface area contributed by atoms with Crippen molar-refractivity contribution in [1.29, 1.82) is 0 Å². The van der Waals surface area contributed by atoms with Gasteiger partial charge in [0.05, 0.1) is 26.3 Å². The van der Waals surface area contributed by atoms with Gasteiger partial charge in [0.1, 0.15) is 5.75 Å². The third-order valence-electron chi connectivity index (χ3n) is 5.53. The fourth-order valence-electron chi connectivity index (χ4n) is 3.89. The van der Waals surface area contributed by atoms with Gasteiger partial charge in [0, 0.05) is 20.1 Å². The van der Waals surface area contributed by atoms with Crippen molar-refractivity contribution >= 4 is 17.5 Å². The molecule has 1 atom stereocenters. The van der Waals surface area contributed by atoms with Gasteiger partial charge in [-0.25, -0.2) is 0 Å². The van der Waals surface area contributed by atoms with Gasteiger partial charge in [0.15, 0.2) is 17.6 Å². The van der Waals surface area contributed by atoms with Crippen LogP contribution in [0.4, 0.5) is 5.69 Å². The van der Waals surface area contributed by atoms with Crippen LogP contribution in [0.3, 0.4) is 0 Å². The lowest BCUT2D eigenvalue weighted by Gasteiger charge is -2.34. The average molecular weight is 396 g/mol. The van der Waals surface area contributed by atoms with E-state index in [4.69, 9.17) is 14.2 Å².